The normalized spacial score (nSPS) is 20.3. The van der Waals surface area contributed by atoms with Gasteiger partial charge in [-0.05, 0) is 44.4 Å². The molecule has 1 saturated carbocycles. The monoisotopic (exact) mass is 427 g/mol. The second kappa shape index (κ2) is 11.6. The molecular weight excluding hydrogens is 402 g/mol. The highest BCUT2D eigenvalue weighted by Crippen LogP contribution is 2.30. The van der Waals surface area contributed by atoms with Crippen LogP contribution in [-0.4, -0.2) is 56.7 Å². The van der Waals surface area contributed by atoms with Crippen molar-refractivity contribution >= 4 is 18.0 Å². The number of alkyl halides is 4. The highest BCUT2D eigenvalue weighted by molar-refractivity contribution is 5.86. The summed E-state index contributed by atoms with van der Waals surface area (Å²) < 4.78 is 63.3. The van der Waals surface area contributed by atoms with Crippen LogP contribution in [0.2, 0.25) is 0 Å². The number of rotatable bonds is 9. The van der Waals surface area contributed by atoms with Gasteiger partial charge in [0.2, 0.25) is 0 Å². The molecule has 0 bridgehead atoms. The Kier molecular flexibility index (Phi) is 9.90. The molecule has 7 nitrogen and oxygen atoms in total. The summed E-state index contributed by atoms with van der Waals surface area (Å²) in [7, 11) is 0. The van der Waals surface area contributed by atoms with Gasteiger partial charge in [-0.2, -0.15) is 13.2 Å². The van der Waals surface area contributed by atoms with E-state index in [0.29, 0.717) is 25.7 Å². The molecular formula is C18H25F4NO6. The number of hydrogen-bond acceptors (Lipinski definition) is 6. The minimum atomic E-state index is -5.26. The summed E-state index contributed by atoms with van der Waals surface area (Å²) in [5.74, 6) is -2.57. The fourth-order valence-corrected chi connectivity index (χ4v) is 2.64. The number of halogens is 4. The number of carbonyl (C=O) groups is 3. The van der Waals surface area contributed by atoms with Crippen molar-refractivity contribution < 1.29 is 46.2 Å². The Morgan fingerprint density at radius 2 is 1.55 bits per heavy atom. The van der Waals surface area contributed by atoms with E-state index in [0.717, 1.165) is 0 Å². The predicted molar refractivity (Wildman–Crippen MR) is 92.5 cm³/mol. The van der Waals surface area contributed by atoms with Gasteiger partial charge in [-0.1, -0.05) is 6.58 Å². The topological polar surface area (TPSA) is 90.9 Å². The molecule has 11 heteroatoms. The molecule has 1 unspecified atom stereocenters. The number of ether oxygens (including phenoxy) is 3. The van der Waals surface area contributed by atoms with Crippen molar-refractivity contribution in [3.05, 3.63) is 12.2 Å². The maximum atomic E-state index is 12.8. The van der Waals surface area contributed by atoms with Crippen LogP contribution in [0, 0.1) is 11.8 Å². The molecule has 0 spiro atoms. The van der Waals surface area contributed by atoms with Crippen LogP contribution in [0.3, 0.4) is 0 Å². The summed E-state index contributed by atoms with van der Waals surface area (Å²) in [4.78, 5) is 33.8. The van der Waals surface area contributed by atoms with E-state index >= 15 is 0 Å². The van der Waals surface area contributed by atoms with Crippen molar-refractivity contribution in [2.24, 2.45) is 11.8 Å². The van der Waals surface area contributed by atoms with Gasteiger partial charge >= 0.3 is 24.2 Å². The molecule has 1 aliphatic carbocycles. The maximum Gasteiger partial charge on any atom is 0.430 e. The Balaban J connectivity index is 2.14. The molecule has 0 aromatic rings. The summed E-state index contributed by atoms with van der Waals surface area (Å²) in [6.07, 6.45) is -7.18. The third-order valence-corrected chi connectivity index (χ3v) is 4.33. The molecule has 166 valence electrons. The van der Waals surface area contributed by atoms with Crippen LogP contribution < -0.4 is 5.32 Å². The van der Waals surface area contributed by atoms with Crippen molar-refractivity contribution in [3.8, 4) is 0 Å². The summed E-state index contributed by atoms with van der Waals surface area (Å²) >= 11 is 0. The fraction of sp³-hybridized carbons (Fsp3) is 0.722. The van der Waals surface area contributed by atoms with Crippen LogP contribution in [-0.2, 0) is 23.8 Å². The zero-order valence-electron chi connectivity index (χ0n) is 16.1. The highest BCUT2D eigenvalue weighted by Gasteiger charge is 2.47. The lowest BCUT2D eigenvalue weighted by atomic mass is 9.83. The Morgan fingerprint density at radius 1 is 1.03 bits per heavy atom. The van der Waals surface area contributed by atoms with Gasteiger partial charge in [0, 0.05) is 5.57 Å². The summed E-state index contributed by atoms with van der Waals surface area (Å²) in [5.41, 5.74) is 0.253. The van der Waals surface area contributed by atoms with Crippen LogP contribution in [0.4, 0.5) is 22.4 Å². The van der Waals surface area contributed by atoms with E-state index in [1.54, 1.807) is 0 Å². The number of alkyl carbamates (subject to hydrolysis) is 1. The quantitative estimate of drug-likeness (QED) is 0.200. The van der Waals surface area contributed by atoms with Crippen LogP contribution in [0.25, 0.3) is 0 Å². The standard InChI is InChI=1S/C18H25F4NO6/c1-11(2)15(24)27-8-7-23-17(26)29-10-13-5-3-12(4-6-13)9-28-16(25)14(19)18(20,21)22/h12-14H,1,3-10H2,2H3,(H,23,26). The molecule has 0 aliphatic heterocycles. The molecule has 0 heterocycles. The minimum absolute atomic E-state index is 0.0152. The molecule has 1 N–H and O–H groups in total. The van der Waals surface area contributed by atoms with Crippen molar-refractivity contribution in [2.75, 3.05) is 26.4 Å². The Morgan fingerprint density at radius 3 is 2.03 bits per heavy atom. The largest absolute Gasteiger partial charge is 0.463 e. The van der Waals surface area contributed by atoms with E-state index in [1.165, 1.54) is 6.92 Å². The summed E-state index contributed by atoms with van der Waals surface area (Å²) in [6.45, 7) is 4.88. The van der Waals surface area contributed by atoms with E-state index in [4.69, 9.17) is 9.47 Å². The Labute approximate surface area is 165 Å². The third kappa shape index (κ3) is 9.62. The molecule has 1 fully saturated rings. The molecule has 1 amide bonds. The zero-order valence-corrected chi connectivity index (χ0v) is 16.1. The Hall–Kier alpha value is -2.33. The Bertz CT molecular complexity index is 587. The second-order valence-corrected chi connectivity index (χ2v) is 6.86. The third-order valence-electron chi connectivity index (χ3n) is 4.33. The van der Waals surface area contributed by atoms with Crippen LogP contribution in [0.1, 0.15) is 32.6 Å². The van der Waals surface area contributed by atoms with Crippen LogP contribution >= 0.6 is 0 Å². The van der Waals surface area contributed by atoms with Gasteiger partial charge in [0.1, 0.15) is 6.61 Å². The van der Waals surface area contributed by atoms with E-state index in [2.05, 4.69) is 16.6 Å². The molecule has 0 radical (unpaired) electrons. The van der Waals surface area contributed by atoms with Crippen molar-refractivity contribution in [1.82, 2.24) is 5.32 Å². The predicted octanol–water partition coefficient (Wildman–Crippen LogP) is 3.08. The first kappa shape index (κ1) is 24.7. The highest BCUT2D eigenvalue weighted by atomic mass is 19.4. The number of hydrogen-bond donors (Lipinski definition) is 1. The summed E-state index contributed by atoms with van der Waals surface area (Å²) in [6, 6.07) is 0. The SMILES string of the molecule is C=C(C)C(=O)OCCNC(=O)OCC1CCC(COC(=O)C(F)C(F)(F)F)CC1. The number of esters is 2. The smallest absolute Gasteiger partial charge is 0.430 e. The van der Waals surface area contributed by atoms with E-state index in [1.807, 2.05) is 0 Å². The average Bonchev–Trinajstić information content (AvgIpc) is 2.66. The average molecular weight is 427 g/mol. The zero-order chi connectivity index (χ0) is 22.0. The lowest BCUT2D eigenvalue weighted by Gasteiger charge is -2.28. The molecule has 0 aromatic carbocycles. The lowest BCUT2D eigenvalue weighted by molar-refractivity contribution is -0.202. The van der Waals surface area contributed by atoms with Gasteiger partial charge in [-0.3, -0.25) is 0 Å². The van der Waals surface area contributed by atoms with Gasteiger partial charge in [-0.15, -0.1) is 0 Å². The van der Waals surface area contributed by atoms with Gasteiger partial charge in [-0.25, -0.2) is 18.8 Å². The fourth-order valence-electron chi connectivity index (χ4n) is 2.64. The van der Waals surface area contributed by atoms with Gasteiger partial charge in [0.15, 0.2) is 0 Å². The van der Waals surface area contributed by atoms with Gasteiger partial charge in [0.05, 0.1) is 19.8 Å². The van der Waals surface area contributed by atoms with Crippen molar-refractivity contribution in [1.29, 1.82) is 0 Å². The van der Waals surface area contributed by atoms with E-state index < -0.39 is 30.4 Å². The molecule has 1 rings (SSSR count). The van der Waals surface area contributed by atoms with Crippen molar-refractivity contribution in [2.45, 2.75) is 45.0 Å². The first-order valence-corrected chi connectivity index (χ1v) is 9.11. The second-order valence-electron chi connectivity index (χ2n) is 6.86. The maximum absolute atomic E-state index is 12.8. The molecule has 1 atom stereocenters. The molecule has 0 aromatic heterocycles. The number of nitrogens with one attached hydrogen (secondary N) is 1. The first-order chi connectivity index (χ1) is 13.5. The van der Waals surface area contributed by atoms with Gasteiger partial charge in [0.25, 0.3) is 6.17 Å². The van der Waals surface area contributed by atoms with E-state index in [9.17, 15) is 31.9 Å². The molecule has 29 heavy (non-hydrogen) atoms. The summed E-state index contributed by atoms with van der Waals surface area (Å²) in [5, 5.41) is 2.43. The number of carbonyl (C=O) groups excluding carboxylic acids is 3. The van der Waals surface area contributed by atoms with Crippen LogP contribution in [0.5, 0.6) is 0 Å². The lowest BCUT2D eigenvalue weighted by Crippen LogP contribution is -2.35. The van der Waals surface area contributed by atoms with Crippen LogP contribution in [0.15, 0.2) is 12.2 Å². The molecule has 1 aliphatic rings. The number of amides is 1. The van der Waals surface area contributed by atoms with E-state index in [-0.39, 0.29) is 43.8 Å². The minimum Gasteiger partial charge on any atom is -0.463 e. The van der Waals surface area contributed by atoms with Crippen molar-refractivity contribution in [3.63, 3.8) is 0 Å². The molecule has 0 saturated heterocycles. The van der Waals surface area contributed by atoms with Gasteiger partial charge < -0.3 is 19.5 Å². The first-order valence-electron chi connectivity index (χ1n) is 9.11.